The molecule has 0 aliphatic heterocycles. The number of carbonyl (C=O) groups is 2. The molecule has 10 heteroatoms. The third-order valence-corrected chi connectivity index (χ3v) is 3.00. The fraction of sp³-hybridized carbons (Fsp3) is 0.267. The second-order valence-electron chi connectivity index (χ2n) is 5.09. The molecule has 0 saturated carbocycles. The third-order valence-electron chi connectivity index (χ3n) is 3.00. The highest BCUT2D eigenvalue weighted by Gasteiger charge is 2.17. The lowest BCUT2D eigenvalue weighted by Gasteiger charge is -2.14. The second kappa shape index (κ2) is 7.90. The number of anilines is 2. The van der Waals surface area contributed by atoms with Crippen LogP contribution in [0.2, 0.25) is 0 Å². The molecule has 1 aromatic carbocycles. The predicted octanol–water partition coefficient (Wildman–Crippen LogP) is 1.43. The Hall–Kier alpha value is -3.43. The third kappa shape index (κ3) is 5.30. The average Bonchev–Trinajstić information content (AvgIpc) is 2.55. The molecular formula is C15H17N5O5. The van der Waals surface area contributed by atoms with Gasteiger partial charge in [-0.25, -0.2) is 0 Å². The molecule has 2 aromatic rings. The average molecular weight is 347 g/mol. The van der Waals surface area contributed by atoms with E-state index in [0.717, 1.165) is 0 Å². The van der Waals surface area contributed by atoms with Crippen LogP contribution in [0.1, 0.15) is 13.8 Å². The first-order valence-electron chi connectivity index (χ1n) is 7.33. The molecule has 1 heterocycles. The van der Waals surface area contributed by atoms with Gasteiger partial charge in [0.1, 0.15) is 17.8 Å². The summed E-state index contributed by atoms with van der Waals surface area (Å²) in [5, 5.41) is 23.1. The zero-order valence-electron chi connectivity index (χ0n) is 13.5. The van der Waals surface area contributed by atoms with Crippen molar-refractivity contribution in [1.82, 2.24) is 15.0 Å². The Morgan fingerprint density at radius 3 is 1.84 bits per heavy atom. The Kier molecular flexibility index (Phi) is 5.66. The largest absolute Gasteiger partial charge is 0.480 e. The summed E-state index contributed by atoms with van der Waals surface area (Å²) in [6.07, 6.45) is 0. The molecule has 25 heavy (non-hydrogen) atoms. The molecule has 0 amide bonds. The molecule has 4 N–H and O–H groups in total. The molecule has 0 fully saturated rings. The van der Waals surface area contributed by atoms with E-state index >= 15 is 0 Å². The van der Waals surface area contributed by atoms with Gasteiger partial charge in [-0.05, 0) is 26.0 Å². The topological polar surface area (TPSA) is 147 Å². The van der Waals surface area contributed by atoms with Crippen LogP contribution in [0.5, 0.6) is 11.8 Å². The van der Waals surface area contributed by atoms with Crippen molar-refractivity contribution in [3.63, 3.8) is 0 Å². The predicted molar refractivity (Wildman–Crippen MR) is 87.8 cm³/mol. The normalized spacial score (nSPS) is 12.7. The van der Waals surface area contributed by atoms with E-state index in [1.165, 1.54) is 13.8 Å². The number of ether oxygens (including phenoxy) is 1. The molecular weight excluding hydrogens is 330 g/mol. The minimum absolute atomic E-state index is 0.0593. The molecule has 0 saturated heterocycles. The molecule has 10 nitrogen and oxygen atoms in total. The van der Waals surface area contributed by atoms with Gasteiger partial charge < -0.3 is 25.6 Å². The Morgan fingerprint density at radius 1 is 0.920 bits per heavy atom. The van der Waals surface area contributed by atoms with Crippen LogP contribution in [0.4, 0.5) is 11.9 Å². The van der Waals surface area contributed by atoms with Crippen molar-refractivity contribution < 1.29 is 24.5 Å². The Morgan fingerprint density at radius 2 is 1.40 bits per heavy atom. The van der Waals surface area contributed by atoms with Gasteiger partial charge in [0.2, 0.25) is 11.9 Å². The second-order valence-corrected chi connectivity index (χ2v) is 5.09. The number of hydrogen-bond donors (Lipinski definition) is 4. The number of hydrogen-bond acceptors (Lipinski definition) is 8. The SMILES string of the molecule is CC(Nc1nc(NC(C)C(=O)O)nc(Oc2ccccc2)n1)C(=O)O. The molecule has 132 valence electrons. The molecule has 0 aliphatic carbocycles. The lowest BCUT2D eigenvalue weighted by atomic mass is 10.3. The van der Waals surface area contributed by atoms with Gasteiger partial charge in [0, 0.05) is 0 Å². The number of rotatable bonds is 8. The van der Waals surface area contributed by atoms with Crippen LogP contribution in [0, 0.1) is 0 Å². The van der Waals surface area contributed by atoms with Crippen molar-refractivity contribution in [3.8, 4) is 11.8 Å². The number of nitrogens with zero attached hydrogens (tertiary/aromatic N) is 3. The summed E-state index contributed by atoms with van der Waals surface area (Å²) < 4.78 is 5.51. The van der Waals surface area contributed by atoms with Crippen molar-refractivity contribution in [1.29, 1.82) is 0 Å². The maximum Gasteiger partial charge on any atom is 0.328 e. The molecule has 2 rings (SSSR count). The Labute approximate surface area is 142 Å². The summed E-state index contributed by atoms with van der Waals surface area (Å²) in [4.78, 5) is 33.9. The van der Waals surface area contributed by atoms with Crippen LogP contribution in [0.15, 0.2) is 30.3 Å². The molecule has 0 bridgehead atoms. The van der Waals surface area contributed by atoms with Gasteiger partial charge in [0.15, 0.2) is 0 Å². The molecule has 2 atom stereocenters. The smallest absolute Gasteiger partial charge is 0.328 e. The summed E-state index contributed by atoms with van der Waals surface area (Å²) >= 11 is 0. The van der Waals surface area contributed by atoms with E-state index in [1.807, 2.05) is 6.07 Å². The fourth-order valence-corrected chi connectivity index (χ4v) is 1.64. The molecule has 0 aliphatic rings. The molecule has 0 spiro atoms. The van der Waals surface area contributed by atoms with Crippen LogP contribution in [0.3, 0.4) is 0 Å². The number of para-hydroxylation sites is 1. The highest BCUT2D eigenvalue weighted by molar-refractivity contribution is 5.76. The first kappa shape index (κ1) is 17.9. The van der Waals surface area contributed by atoms with E-state index < -0.39 is 24.0 Å². The van der Waals surface area contributed by atoms with Crippen LogP contribution in [-0.4, -0.2) is 49.2 Å². The van der Waals surface area contributed by atoms with Gasteiger partial charge >= 0.3 is 17.9 Å². The lowest BCUT2D eigenvalue weighted by Crippen LogP contribution is -2.29. The number of aliphatic carboxylic acids is 2. The first-order chi connectivity index (χ1) is 11.8. The number of nitrogens with one attached hydrogen (secondary N) is 2. The first-order valence-corrected chi connectivity index (χ1v) is 7.33. The van der Waals surface area contributed by atoms with Gasteiger partial charge in [-0.3, -0.25) is 9.59 Å². The summed E-state index contributed by atoms with van der Waals surface area (Å²) in [5.74, 6) is -1.85. The van der Waals surface area contributed by atoms with Crippen LogP contribution < -0.4 is 15.4 Å². The minimum atomic E-state index is -1.10. The highest BCUT2D eigenvalue weighted by atomic mass is 16.5. The maximum atomic E-state index is 11.0. The van der Waals surface area contributed by atoms with E-state index in [1.54, 1.807) is 24.3 Å². The van der Waals surface area contributed by atoms with E-state index in [0.29, 0.717) is 5.75 Å². The summed E-state index contributed by atoms with van der Waals surface area (Å²) in [6, 6.07) is 6.66. The molecule has 1 aromatic heterocycles. The van der Waals surface area contributed by atoms with Gasteiger partial charge in [-0.1, -0.05) is 18.2 Å². The molecule has 2 unspecified atom stereocenters. The number of carboxylic acid groups (broad SMARTS) is 2. The molecule has 0 radical (unpaired) electrons. The van der Waals surface area contributed by atoms with Gasteiger partial charge in [-0.2, -0.15) is 15.0 Å². The van der Waals surface area contributed by atoms with E-state index in [-0.39, 0.29) is 17.9 Å². The van der Waals surface area contributed by atoms with Gasteiger partial charge in [0.05, 0.1) is 0 Å². The van der Waals surface area contributed by atoms with Crippen molar-refractivity contribution in [2.75, 3.05) is 10.6 Å². The van der Waals surface area contributed by atoms with Crippen molar-refractivity contribution in [3.05, 3.63) is 30.3 Å². The van der Waals surface area contributed by atoms with Crippen molar-refractivity contribution >= 4 is 23.8 Å². The summed E-state index contributed by atoms with van der Waals surface area (Å²) in [5.41, 5.74) is 0. The number of aromatic nitrogens is 3. The van der Waals surface area contributed by atoms with Crippen molar-refractivity contribution in [2.24, 2.45) is 0 Å². The van der Waals surface area contributed by atoms with E-state index in [9.17, 15) is 9.59 Å². The van der Waals surface area contributed by atoms with Gasteiger partial charge in [-0.15, -0.1) is 0 Å². The maximum absolute atomic E-state index is 11.0. The standard InChI is InChI=1S/C15H17N5O5/c1-8(11(21)22)16-13-18-14(17-9(2)12(23)24)20-15(19-13)25-10-6-4-3-5-7-10/h3-9H,1-2H3,(H,21,22)(H,23,24)(H2,16,17,18,19,20). The lowest BCUT2D eigenvalue weighted by molar-refractivity contribution is -0.138. The number of carboxylic acids is 2. The Bertz CT molecular complexity index is 715. The van der Waals surface area contributed by atoms with E-state index in [2.05, 4.69) is 25.6 Å². The Balaban J connectivity index is 2.29. The van der Waals surface area contributed by atoms with Crippen LogP contribution >= 0.6 is 0 Å². The highest BCUT2D eigenvalue weighted by Crippen LogP contribution is 2.20. The quantitative estimate of drug-likeness (QED) is 0.553. The fourth-order valence-electron chi connectivity index (χ4n) is 1.64. The monoisotopic (exact) mass is 347 g/mol. The summed E-state index contributed by atoms with van der Waals surface area (Å²) in [6.45, 7) is 2.83. The van der Waals surface area contributed by atoms with E-state index in [4.69, 9.17) is 14.9 Å². The zero-order chi connectivity index (χ0) is 18.4. The van der Waals surface area contributed by atoms with Crippen molar-refractivity contribution in [2.45, 2.75) is 25.9 Å². The number of benzene rings is 1. The van der Waals surface area contributed by atoms with Gasteiger partial charge in [0.25, 0.3) is 0 Å². The van der Waals surface area contributed by atoms with Crippen LogP contribution in [0.25, 0.3) is 0 Å². The van der Waals surface area contributed by atoms with Crippen LogP contribution in [-0.2, 0) is 9.59 Å². The summed E-state index contributed by atoms with van der Waals surface area (Å²) in [7, 11) is 0. The minimum Gasteiger partial charge on any atom is -0.480 e. The zero-order valence-corrected chi connectivity index (χ0v) is 13.5.